The zero-order chi connectivity index (χ0) is 7.52. The minimum Gasteiger partial charge on any atom is -0.317 e. The Labute approximate surface area is 81.7 Å². The molecule has 0 amide bonds. The maximum absolute atomic E-state index is 3.48. The van der Waals surface area contributed by atoms with Gasteiger partial charge in [0.25, 0.3) is 0 Å². The van der Waals surface area contributed by atoms with Crippen LogP contribution in [0.25, 0.3) is 0 Å². The van der Waals surface area contributed by atoms with Crippen LogP contribution in [0.2, 0.25) is 0 Å². The minimum absolute atomic E-state index is 0. The molecule has 1 atom stereocenters. The van der Waals surface area contributed by atoms with Crippen LogP contribution in [0.15, 0.2) is 0 Å². The lowest BCUT2D eigenvalue weighted by Crippen LogP contribution is -2.23. The van der Waals surface area contributed by atoms with Crippen molar-refractivity contribution in [1.82, 2.24) is 5.32 Å². The Bertz CT molecular complexity index is 115. The van der Waals surface area contributed by atoms with Crippen molar-refractivity contribution in [2.45, 2.75) is 38.5 Å². The maximum Gasteiger partial charge on any atom is -0.00462 e. The highest BCUT2D eigenvalue weighted by Crippen LogP contribution is 2.37. The second-order valence-corrected chi connectivity index (χ2v) is 4.13. The van der Waals surface area contributed by atoms with Gasteiger partial charge < -0.3 is 5.32 Å². The molecule has 2 fully saturated rings. The van der Waals surface area contributed by atoms with Gasteiger partial charge in [-0.05, 0) is 44.2 Å². The topological polar surface area (TPSA) is 12.0 Å². The summed E-state index contributed by atoms with van der Waals surface area (Å²) in [7, 11) is 0. The summed E-state index contributed by atoms with van der Waals surface area (Å²) >= 11 is 0. The minimum atomic E-state index is 0. The fourth-order valence-corrected chi connectivity index (χ4v) is 2.43. The summed E-state index contributed by atoms with van der Waals surface area (Å²) in [5.41, 5.74) is 0. The number of rotatable bonds is 1. The fraction of sp³-hybridized carbons (Fsp3) is 1.00. The number of hydrogen-bond donors (Lipinski definition) is 1. The molecule has 1 saturated carbocycles. The van der Waals surface area contributed by atoms with E-state index in [2.05, 4.69) is 5.32 Å². The Morgan fingerprint density at radius 1 is 0.750 bits per heavy atom. The third-order valence-corrected chi connectivity index (χ3v) is 3.44. The second-order valence-electron chi connectivity index (χ2n) is 4.13. The molecule has 2 rings (SSSR count). The Hall–Kier alpha value is 0.250. The molecule has 1 aliphatic heterocycles. The Morgan fingerprint density at radius 2 is 1.42 bits per heavy atom. The van der Waals surface area contributed by atoms with Crippen LogP contribution in [0.5, 0.6) is 0 Å². The van der Waals surface area contributed by atoms with Gasteiger partial charge in [0, 0.05) is 0 Å². The number of nitrogens with one attached hydrogen (secondary N) is 1. The zero-order valence-electron chi connectivity index (χ0n) is 7.72. The molecule has 1 unspecified atom stereocenters. The Balaban J connectivity index is 0.000000720. The van der Waals surface area contributed by atoms with Crippen molar-refractivity contribution in [3.8, 4) is 0 Å². The molecule has 0 aromatic carbocycles. The summed E-state index contributed by atoms with van der Waals surface area (Å²) in [6, 6.07) is 0. The molecule has 0 spiro atoms. The second kappa shape index (κ2) is 5.08. The molecule has 0 aromatic heterocycles. The lowest BCUT2D eigenvalue weighted by Gasteiger charge is -2.33. The van der Waals surface area contributed by atoms with Gasteiger partial charge in [0.05, 0.1) is 0 Å². The van der Waals surface area contributed by atoms with E-state index in [0.29, 0.717) is 0 Å². The highest BCUT2D eigenvalue weighted by atomic mass is 35.5. The summed E-state index contributed by atoms with van der Waals surface area (Å²) in [6.45, 7) is 2.55. The normalized spacial score (nSPS) is 31.5. The Kier molecular flexibility index (Phi) is 4.38. The van der Waals surface area contributed by atoms with Crippen LogP contribution in [0, 0.1) is 11.8 Å². The predicted octanol–water partition coefficient (Wildman–Crippen LogP) is 2.60. The van der Waals surface area contributed by atoms with Crippen LogP contribution >= 0.6 is 12.4 Å². The van der Waals surface area contributed by atoms with E-state index in [1.54, 1.807) is 0 Å². The molecule has 2 aliphatic rings. The van der Waals surface area contributed by atoms with Gasteiger partial charge in [-0.15, -0.1) is 12.4 Å². The molecule has 0 aromatic rings. The van der Waals surface area contributed by atoms with Crippen molar-refractivity contribution in [3.05, 3.63) is 0 Å². The van der Waals surface area contributed by atoms with Crippen LogP contribution < -0.4 is 5.32 Å². The summed E-state index contributed by atoms with van der Waals surface area (Å²) in [5, 5.41) is 3.48. The average Bonchev–Trinajstić information content (AvgIpc) is 2.12. The molecule has 1 nitrogen and oxygen atoms in total. The first-order chi connectivity index (χ1) is 5.47. The van der Waals surface area contributed by atoms with Crippen LogP contribution in [0.4, 0.5) is 0 Å². The van der Waals surface area contributed by atoms with Gasteiger partial charge >= 0.3 is 0 Å². The summed E-state index contributed by atoms with van der Waals surface area (Å²) < 4.78 is 0. The number of hydrogen-bond acceptors (Lipinski definition) is 1. The van der Waals surface area contributed by atoms with Gasteiger partial charge in [-0.3, -0.25) is 0 Å². The third-order valence-electron chi connectivity index (χ3n) is 3.44. The van der Waals surface area contributed by atoms with Crippen LogP contribution in [0.3, 0.4) is 0 Å². The van der Waals surface area contributed by atoms with Crippen LogP contribution in [-0.4, -0.2) is 13.1 Å². The van der Waals surface area contributed by atoms with Gasteiger partial charge in [0.2, 0.25) is 0 Å². The van der Waals surface area contributed by atoms with E-state index in [1.165, 1.54) is 51.6 Å². The van der Waals surface area contributed by atoms with Gasteiger partial charge in [-0.2, -0.15) is 0 Å². The lowest BCUT2D eigenvalue weighted by molar-refractivity contribution is 0.191. The van der Waals surface area contributed by atoms with E-state index in [9.17, 15) is 0 Å². The monoisotopic (exact) mass is 189 g/mol. The van der Waals surface area contributed by atoms with E-state index in [4.69, 9.17) is 0 Å². The van der Waals surface area contributed by atoms with Gasteiger partial charge in [-0.1, -0.05) is 19.3 Å². The highest BCUT2D eigenvalue weighted by molar-refractivity contribution is 5.85. The van der Waals surface area contributed by atoms with Crippen LogP contribution in [0.1, 0.15) is 38.5 Å². The first-order valence-electron chi connectivity index (χ1n) is 5.17. The quantitative estimate of drug-likeness (QED) is 0.669. The van der Waals surface area contributed by atoms with E-state index in [1.807, 2.05) is 0 Å². The van der Waals surface area contributed by atoms with Crippen molar-refractivity contribution in [2.24, 2.45) is 11.8 Å². The van der Waals surface area contributed by atoms with E-state index >= 15 is 0 Å². The van der Waals surface area contributed by atoms with Crippen molar-refractivity contribution in [2.75, 3.05) is 13.1 Å². The molecule has 0 radical (unpaired) electrons. The SMILES string of the molecule is C1CC(C2CCCNCC2)C1.Cl. The number of halogens is 1. The lowest BCUT2D eigenvalue weighted by atomic mass is 9.73. The van der Waals surface area contributed by atoms with Crippen molar-refractivity contribution >= 4 is 12.4 Å². The van der Waals surface area contributed by atoms with Crippen molar-refractivity contribution in [3.63, 3.8) is 0 Å². The molecule has 12 heavy (non-hydrogen) atoms. The Morgan fingerprint density at radius 3 is 2.08 bits per heavy atom. The van der Waals surface area contributed by atoms with E-state index in [0.717, 1.165) is 11.8 Å². The standard InChI is InChI=1S/C10H19N.ClH/c1-3-9(4-1)10-5-2-7-11-8-6-10;/h9-11H,1-8H2;1H. The smallest absolute Gasteiger partial charge is 0.00462 e. The molecular formula is C10H20ClN. The molecule has 1 saturated heterocycles. The molecule has 1 aliphatic carbocycles. The summed E-state index contributed by atoms with van der Waals surface area (Å²) in [6.07, 6.45) is 8.94. The molecule has 2 heteroatoms. The van der Waals surface area contributed by atoms with Crippen LogP contribution in [-0.2, 0) is 0 Å². The molecule has 72 valence electrons. The average molecular weight is 190 g/mol. The molecule has 1 N–H and O–H groups in total. The zero-order valence-corrected chi connectivity index (χ0v) is 8.54. The highest BCUT2D eigenvalue weighted by Gasteiger charge is 2.26. The largest absolute Gasteiger partial charge is 0.317 e. The van der Waals surface area contributed by atoms with Gasteiger partial charge in [0.1, 0.15) is 0 Å². The van der Waals surface area contributed by atoms with E-state index in [-0.39, 0.29) is 12.4 Å². The summed E-state index contributed by atoms with van der Waals surface area (Å²) in [5.74, 6) is 2.20. The predicted molar refractivity (Wildman–Crippen MR) is 54.8 cm³/mol. The first kappa shape index (κ1) is 10.3. The van der Waals surface area contributed by atoms with Gasteiger partial charge in [-0.25, -0.2) is 0 Å². The van der Waals surface area contributed by atoms with Gasteiger partial charge in [0.15, 0.2) is 0 Å². The summed E-state index contributed by atoms with van der Waals surface area (Å²) in [4.78, 5) is 0. The molecule has 0 bridgehead atoms. The third kappa shape index (κ3) is 2.37. The fourth-order valence-electron chi connectivity index (χ4n) is 2.43. The molecular weight excluding hydrogens is 170 g/mol. The maximum atomic E-state index is 3.48. The van der Waals surface area contributed by atoms with E-state index < -0.39 is 0 Å². The van der Waals surface area contributed by atoms with Crippen molar-refractivity contribution < 1.29 is 0 Å². The molecule has 1 heterocycles. The first-order valence-corrected chi connectivity index (χ1v) is 5.17. The van der Waals surface area contributed by atoms with Crippen molar-refractivity contribution in [1.29, 1.82) is 0 Å².